The fourth-order valence-corrected chi connectivity index (χ4v) is 1.48. The number of hydrogen-bond acceptors (Lipinski definition) is 6. The van der Waals surface area contributed by atoms with Crippen LogP contribution in [0.1, 0.15) is 19.8 Å². The van der Waals surface area contributed by atoms with E-state index >= 15 is 0 Å². The number of aryl methyl sites for hydroxylation is 1. The van der Waals surface area contributed by atoms with Gasteiger partial charge in [-0.3, -0.25) is 4.57 Å². The normalized spacial score (nSPS) is 10.9. The zero-order valence-corrected chi connectivity index (χ0v) is 9.97. The Bertz CT molecular complexity index is 535. The Morgan fingerprint density at radius 1 is 1.24 bits per heavy atom. The maximum Gasteiger partial charge on any atom is 0.247 e. The Labute approximate surface area is 98.8 Å². The molecule has 0 unspecified atom stereocenters. The molecule has 0 aliphatic carbocycles. The first-order valence-electron chi connectivity index (χ1n) is 5.51. The SMILES string of the molecule is CCCCOc1nc(N)nc2c1nc(N)n2C. The van der Waals surface area contributed by atoms with Crippen molar-refractivity contribution in [3.8, 4) is 5.88 Å². The minimum atomic E-state index is 0.159. The highest BCUT2D eigenvalue weighted by Crippen LogP contribution is 2.24. The smallest absolute Gasteiger partial charge is 0.247 e. The maximum atomic E-state index is 5.71. The van der Waals surface area contributed by atoms with E-state index in [0.717, 1.165) is 12.8 Å². The van der Waals surface area contributed by atoms with Crippen LogP contribution < -0.4 is 16.2 Å². The molecule has 7 nitrogen and oxygen atoms in total. The van der Waals surface area contributed by atoms with Gasteiger partial charge in [-0.25, -0.2) is 4.98 Å². The molecule has 17 heavy (non-hydrogen) atoms. The summed E-state index contributed by atoms with van der Waals surface area (Å²) < 4.78 is 7.20. The van der Waals surface area contributed by atoms with Crippen molar-refractivity contribution in [3.63, 3.8) is 0 Å². The van der Waals surface area contributed by atoms with Crippen LogP contribution in [0, 0.1) is 0 Å². The second-order valence-electron chi connectivity index (χ2n) is 3.79. The number of rotatable bonds is 4. The number of nitrogen functional groups attached to an aromatic ring is 2. The molecule has 0 atom stereocenters. The van der Waals surface area contributed by atoms with Gasteiger partial charge in [-0.05, 0) is 6.42 Å². The fraction of sp³-hybridized carbons (Fsp3) is 0.500. The van der Waals surface area contributed by atoms with Crippen LogP contribution in [-0.4, -0.2) is 26.1 Å². The second-order valence-corrected chi connectivity index (χ2v) is 3.79. The van der Waals surface area contributed by atoms with Crippen molar-refractivity contribution >= 4 is 23.1 Å². The quantitative estimate of drug-likeness (QED) is 0.757. The number of anilines is 2. The molecule has 2 rings (SSSR count). The summed E-state index contributed by atoms with van der Waals surface area (Å²) in [7, 11) is 1.77. The van der Waals surface area contributed by atoms with Gasteiger partial charge < -0.3 is 16.2 Å². The third-order valence-electron chi connectivity index (χ3n) is 2.48. The summed E-state index contributed by atoms with van der Waals surface area (Å²) in [6.07, 6.45) is 2.00. The summed E-state index contributed by atoms with van der Waals surface area (Å²) >= 11 is 0. The standard InChI is InChI=1S/C10H16N6O/c1-3-4-5-17-8-6-7(14-9(11)15-8)16(2)10(12)13-6/h3-5H2,1-2H3,(H2,12,13)(H2,11,14,15). The van der Waals surface area contributed by atoms with E-state index in [-0.39, 0.29) is 5.95 Å². The molecular formula is C10H16N6O. The third-order valence-corrected chi connectivity index (χ3v) is 2.48. The van der Waals surface area contributed by atoms with Gasteiger partial charge in [0, 0.05) is 7.05 Å². The van der Waals surface area contributed by atoms with Gasteiger partial charge in [-0.1, -0.05) is 13.3 Å². The van der Waals surface area contributed by atoms with Crippen LogP contribution in [-0.2, 0) is 7.05 Å². The van der Waals surface area contributed by atoms with Crippen molar-refractivity contribution in [2.45, 2.75) is 19.8 Å². The third kappa shape index (κ3) is 2.08. The van der Waals surface area contributed by atoms with Crippen LogP contribution >= 0.6 is 0 Å². The Hall–Kier alpha value is -2.05. The minimum Gasteiger partial charge on any atom is -0.476 e. The highest BCUT2D eigenvalue weighted by Gasteiger charge is 2.14. The number of imidazole rings is 1. The number of fused-ring (bicyclic) bond motifs is 1. The molecule has 0 saturated carbocycles. The Kier molecular flexibility index (Phi) is 2.99. The molecule has 2 heterocycles. The van der Waals surface area contributed by atoms with Gasteiger partial charge >= 0.3 is 0 Å². The summed E-state index contributed by atoms with van der Waals surface area (Å²) in [6, 6.07) is 0. The summed E-state index contributed by atoms with van der Waals surface area (Å²) in [5.74, 6) is 0.917. The molecule has 2 aromatic rings. The van der Waals surface area contributed by atoms with Gasteiger partial charge in [0.15, 0.2) is 11.2 Å². The first-order chi connectivity index (χ1) is 8.13. The average Bonchev–Trinajstić information content (AvgIpc) is 2.57. The van der Waals surface area contributed by atoms with E-state index in [2.05, 4.69) is 21.9 Å². The molecule has 7 heteroatoms. The van der Waals surface area contributed by atoms with Gasteiger partial charge in [0.05, 0.1) is 6.61 Å². The van der Waals surface area contributed by atoms with Crippen molar-refractivity contribution in [1.82, 2.24) is 19.5 Å². The number of nitrogens with zero attached hydrogens (tertiary/aromatic N) is 4. The Morgan fingerprint density at radius 3 is 2.71 bits per heavy atom. The van der Waals surface area contributed by atoms with E-state index in [9.17, 15) is 0 Å². The first kappa shape index (κ1) is 11.4. The Morgan fingerprint density at radius 2 is 2.00 bits per heavy atom. The first-order valence-corrected chi connectivity index (χ1v) is 5.51. The molecule has 0 aromatic carbocycles. The number of hydrogen-bond donors (Lipinski definition) is 2. The lowest BCUT2D eigenvalue weighted by Crippen LogP contribution is -2.04. The lowest BCUT2D eigenvalue weighted by atomic mass is 10.4. The predicted molar refractivity (Wildman–Crippen MR) is 65.5 cm³/mol. The van der Waals surface area contributed by atoms with Crippen LogP contribution in [0.15, 0.2) is 0 Å². The molecule has 0 radical (unpaired) electrons. The van der Waals surface area contributed by atoms with E-state index in [1.54, 1.807) is 11.6 Å². The topological polar surface area (TPSA) is 105 Å². The van der Waals surface area contributed by atoms with Gasteiger partial charge in [0.2, 0.25) is 17.8 Å². The number of ether oxygens (including phenoxy) is 1. The number of nitrogens with two attached hydrogens (primary N) is 2. The van der Waals surface area contributed by atoms with Crippen LogP contribution in [0.4, 0.5) is 11.9 Å². The molecule has 0 aliphatic heterocycles. The van der Waals surface area contributed by atoms with E-state index in [1.165, 1.54) is 0 Å². The molecule has 0 bridgehead atoms. The highest BCUT2D eigenvalue weighted by molar-refractivity contribution is 5.80. The summed E-state index contributed by atoms with van der Waals surface area (Å²) in [5, 5.41) is 0. The van der Waals surface area contributed by atoms with E-state index in [4.69, 9.17) is 16.2 Å². The summed E-state index contributed by atoms with van der Waals surface area (Å²) in [5.41, 5.74) is 12.5. The summed E-state index contributed by atoms with van der Waals surface area (Å²) in [6.45, 7) is 2.67. The number of unbranched alkanes of at least 4 members (excludes halogenated alkanes) is 1. The minimum absolute atomic E-state index is 0.159. The molecule has 0 aliphatic rings. The van der Waals surface area contributed by atoms with Crippen LogP contribution in [0.3, 0.4) is 0 Å². The van der Waals surface area contributed by atoms with E-state index in [0.29, 0.717) is 29.6 Å². The molecule has 0 amide bonds. The predicted octanol–water partition coefficient (Wildman–Crippen LogP) is 0.707. The largest absolute Gasteiger partial charge is 0.476 e. The Balaban J connectivity index is 2.43. The van der Waals surface area contributed by atoms with Crippen LogP contribution in [0.25, 0.3) is 11.2 Å². The molecular weight excluding hydrogens is 220 g/mol. The average molecular weight is 236 g/mol. The second kappa shape index (κ2) is 4.44. The lowest BCUT2D eigenvalue weighted by molar-refractivity contribution is 0.301. The van der Waals surface area contributed by atoms with Crippen molar-refractivity contribution in [2.24, 2.45) is 7.05 Å². The zero-order valence-electron chi connectivity index (χ0n) is 9.97. The maximum absolute atomic E-state index is 5.71. The summed E-state index contributed by atoms with van der Waals surface area (Å²) in [4.78, 5) is 12.3. The molecule has 92 valence electrons. The van der Waals surface area contributed by atoms with Gasteiger partial charge in [-0.2, -0.15) is 9.97 Å². The van der Waals surface area contributed by atoms with Crippen molar-refractivity contribution in [3.05, 3.63) is 0 Å². The van der Waals surface area contributed by atoms with Crippen molar-refractivity contribution in [1.29, 1.82) is 0 Å². The van der Waals surface area contributed by atoms with Crippen LogP contribution in [0.5, 0.6) is 5.88 Å². The van der Waals surface area contributed by atoms with Gasteiger partial charge in [0.1, 0.15) is 0 Å². The molecule has 0 fully saturated rings. The number of aromatic nitrogens is 4. The van der Waals surface area contributed by atoms with Crippen molar-refractivity contribution in [2.75, 3.05) is 18.1 Å². The highest BCUT2D eigenvalue weighted by atomic mass is 16.5. The van der Waals surface area contributed by atoms with Crippen molar-refractivity contribution < 1.29 is 4.74 Å². The van der Waals surface area contributed by atoms with Crippen LogP contribution in [0.2, 0.25) is 0 Å². The molecule has 4 N–H and O–H groups in total. The lowest BCUT2D eigenvalue weighted by Gasteiger charge is -2.05. The molecule has 0 spiro atoms. The molecule has 0 saturated heterocycles. The monoisotopic (exact) mass is 236 g/mol. The zero-order chi connectivity index (χ0) is 12.4. The van der Waals surface area contributed by atoms with Gasteiger partial charge in [0.25, 0.3) is 0 Å². The molecule has 2 aromatic heterocycles. The fourth-order valence-electron chi connectivity index (χ4n) is 1.48. The van der Waals surface area contributed by atoms with E-state index < -0.39 is 0 Å². The van der Waals surface area contributed by atoms with Gasteiger partial charge in [-0.15, -0.1) is 0 Å². The van der Waals surface area contributed by atoms with E-state index in [1.807, 2.05) is 0 Å².